The van der Waals surface area contributed by atoms with Crippen LogP contribution in [-0.4, -0.2) is 0 Å². The predicted molar refractivity (Wildman–Crippen MR) is 110 cm³/mol. The molecule has 0 unspecified atom stereocenters. The summed E-state index contributed by atoms with van der Waals surface area (Å²) >= 11 is -1.11. The van der Waals surface area contributed by atoms with Crippen molar-refractivity contribution < 1.29 is 25.8 Å². The second-order valence-corrected chi connectivity index (χ2v) is 12.7. The van der Waals surface area contributed by atoms with E-state index in [4.69, 9.17) is 0 Å². The van der Waals surface area contributed by atoms with E-state index >= 15 is 0 Å². The summed E-state index contributed by atoms with van der Waals surface area (Å²) in [7, 11) is 0. The van der Waals surface area contributed by atoms with Gasteiger partial charge in [-0.25, -0.2) is 0 Å². The molecular formula is C26H20Hf. The summed E-state index contributed by atoms with van der Waals surface area (Å²) in [6.45, 7) is 0. The van der Waals surface area contributed by atoms with Crippen molar-refractivity contribution >= 4 is 0 Å². The Kier molecular flexibility index (Phi) is 3.59. The van der Waals surface area contributed by atoms with Gasteiger partial charge in [0.25, 0.3) is 0 Å². The zero-order valence-electron chi connectivity index (χ0n) is 16.9. The molecule has 0 aliphatic heterocycles. The Hall–Kier alpha value is -2.25. The fraction of sp³-hybridized carbons (Fsp3) is 0.0769. The number of hydrogen-bond donors (Lipinski definition) is 0. The molecule has 0 saturated carbocycles. The van der Waals surface area contributed by atoms with Crippen molar-refractivity contribution in [3.05, 3.63) is 119 Å². The second kappa shape index (κ2) is 6.14. The molecule has 0 spiro atoms. The number of benzene rings is 4. The molecule has 0 fully saturated rings. The van der Waals surface area contributed by atoms with Crippen molar-refractivity contribution in [3.63, 3.8) is 0 Å². The molecule has 0 radical (unpaired) electrons. The summed E-state index contributed by atoms with van der Waals surface area (Å²) in [5.41, 5.74) is 12.1. The SMILES string of the molecule is [H-].[H-].c1ccc2c(c1)-c1ccccc1[CH]2[Hf+2][CH]1c2ccccc2-c2ccccc21. The van der Waals surface area contributed by atoms with E-state index in [1.165, 1.54) is 22.3 Å². The van der Waals surface area contributed by atoms with Crippen LogP contribution in [0.2, 0.25) is 0 Å². The second-order valence-electron chi connectivity index (χ2n) is 7.38. The molecule has 1 heteroatoms. The Balaban J connectivity index is 0.00000102. The van der Waals surface area contributed by atoms with Crippen LogP contribution >= 0.6 is 0 Å². The molecule has 4 aromatic carbocycles. The van der Waals surface area contributed by atoms with Crippen LogP contribution in [0.4, 0.5) is 0 Å². The Bertz CT molecular complexity index is 1000. The zero-order chi connectivity index (χ0) is 17.8. The normalized spacial score (nSPS) is 14.2. The van der Waals surface area contributed by atoms with Crippen LogP contribution in [-0.2, 0) is 22.9 Å². The van der Waals surface area contributed by atoms with Crippen molar-refractivity contribution in [3.8, 4) is 22.3 Å². The van der Waals surface area contributed by atoms with Gasteiger partial charge in [0.2, 0.25) is 0 Å². The summed E-state index contributed by atoms with van der Waals surface area (Å²) in [6, 6.07) is 36.4. The molecule has 0 nitrogen and oxygen atoms in total. The van der Waals surface area contributed by atoms with Gasteiger partial charge < -0.3 is 2.85 Å². The van der Waals surface area contributed by atoms with Gasteiger partial charge in [-0.05, 0) is 0 Å². The maximum absolute atomic E-state index is 2.37. The molecule has 2 aliphatic rings. The van der Waals surface area contributed by atoms with Gasteiger partial charge in [-0.15, -0.1) is 0 Å². The fourth-order valence-corrected chi connectivity index (χ4v) is 12.2. The molecular weight excluding hydrogens is 491 g/mol. The third kappa shape index (κ3) is 2.31. The molecule has 4 aromatic rings. The van der Waals surface area contributed by atoms with Crippen molar-refractivity contribution in [1.82, 2.24) is 0 Å². The van der Waals surface area contributed by atoms with Crippen molar-refractivity contribution in [2.75, 3.05) is 0 Å². The molecule has 0 aromatic heterocycles. The van der Waals surface area contributed by atoms with Gasteiger partial charge in [0.05, 0.1) is 0 Å². The van der Waals surface area contributed by atoms with Crippen molar-refractivity contribution in [1.29, 1.82) is 0 Å². The van der Waals surface area contributed by atoms with Crippen LogP contribution in [0, 0.1) is 0 Å². The third-order valence-electron chi connectivity index (χ3n) is 6.00. The van der Waals surface area contributed by atoms with Crippen LogP contribution in [0.1, 0.15) is 32.5 Å². The van der Waals surface area contributed by atoms with E-state index in [1.54, 1.807) is 22.3 Å². The zero-order valence-corrected chi connectivity index (χ0v) is 18.5. The molecule has 0 bridgehead atoms. The van der Waals surface area contributed by atoms with Gasteiger partial charge in [-0.3, -0.25) is 0 Å². The van der Waals surface area contributed by atoms with E-state index in [2.05, 4.69) is 97.1 Å². The number of fused-ring (bicyclic) bond motifs is 6. The average molecular weight is 511 g/mol. The Morgan fingerprint density at radius 1 is 0.407 bits per heavy atom. The average Bonchev–Trinajstić information content (AvgIpc) is 3.23. The first-order chi connectivity index (χ1) is 13.4. The van der Waals surface area contributed by atoms with Gasteiger partial charge in [-0.1, -0.05) is 0 Å². The van der Waals surface area contributed by atoms with Gasteiger partial charge in [0.1, 0.15) is 0 Å². The van der Waals surface area contributed by atoms with Crippen LogP contribution in [0.3, 0.4) is 0 Å². The standard InChI is InChI=1S/2C13H9.Hf.2H/c2*1-3-7-12-10(5-1)9-11-6-2-4-8-13(11)12;;;/h2*1-9H;;;/q;;+2;2*-1. The van der Waals surface area contributed by atoms with E-state index in [1.807, 2.05) is 0 Å². The van der Waals surface area contributed by atoms with E-state index < -0.39 is 22.9 Å². The molecule has 6 rings (SSSR count). The van der Waals surface area contributed by atoms with Crippen molar-refractivity contribution in [2.45, 2.75) is 7.35 Å². The Labute approximate surface area is 174 Å². The van der Waals surface area contributed by atoms with E-state index in [0.717, 1.165) is 0 Å². The first kappa shape index (κ1) is 15.8. The van der Waals surface area contributed by atoms with Gasteiger partial charge in [0.15, 0.2) is 0 Å². The van der Waals surface area contributed by atoms with E-state index in [-0.39, 0.29) is 2.85 Å². The van der Waals surface area contributed by atoms with Gasteiger partial charge in [0, 0.05) is 0 Å². The summed E-state index contributed by atoms with van der Waals surface area (Å²) in [6.07, 6.45) is 0. The third-order valence-corrected chi connectivity index (χ3v) is 12.9. The summed E-state index contributed by atoms with van der Waals surface area (Å²) in [4.78, 5) is 0. The molecule has 128 valence electrons. The molecule has 0 heterocycles. The summed E-state index contributed by atoms with van der Waals surface area (Å²) in [5.74, 6) is 0. The monoisotopic (exact) mass is 512 g/mol. The van der Waals surface area contributed by atoms with Crippen LogP contribution in [0.25, 0.3) is 22.3 Å². The molecule has 0 amide bonds. The molecule has 2 aliphatic carbocycles. The molecule has 0 saturated heterocycles. The van der Waals surface area contributed by atoms with Gasteiger partial charge in [-0.2, -0.15) is 0 Å². The van der Waals surface area contributed by atoms with E-state index in [9.17, 15) is 0 Å². The molecule has 27 heavy (non-hydrogen) atoms. The van der Waals surface area contributed by atoms with Gasteiger partial charge >= 0.3 is 172 Å². The summed E-state index contributed by atoms with van der Waals surface area (Å²) in [5, 5.41) is 0. The van der Waals surface area contributed by atoms with Crippen molar-refractivity contribution in [2.24, 2.45) is 0 Å². The first-order valence-electron chi connectivity index (χ1n) is 9.54. The topological polar surface area (TPSA) is 0 Å². The maximum atomic E-state index is 2.37. The fourth-order valence-electron chi connectivity index (χ4n) is 4.84. The predicted octanol–water partition coefficient (Wildman–Crippen LogP) is 6.83. The van der Waals surface area contributed by atoms with Crippen LogP contribution in [0.5, 0.6) is 0 Å². The summed E-state index contributed by atoms with van der Waals surface area (Å²) < 4.78 is 1.31. The Morgan fingerprint density at radius 3 is 0.963 bits per heavy atom. The molecule has 0 N–H and O–H groups in total. The minimum atomic E-state index is -1.11. The minimum absolute atomic E-state index is 0. The molecule has 0 atom stereocenters. The Morgan fingerprint density at radius 2 is 0.667 bits per heavy atom. The quantitative estimate of drug-likeness (QED) is 0.259. The number of rotatable bonds is 2. The van der Waals surface area contributed by atoms with Crippen LogP contribution < -0.4 is 0 Å². The van der Waals surface area contributed by atoms with Crippen LogP contribution in [0.15, 0.2) is 97.1 Å². The van der Waals surface area contributed by atoms with E-state index in [0.29, 0.717) is 7.35 Å². The first-order valence-corrected chi connectivity index (χ1v) is 13.7. The number of hydrogen-bond acceptors (Lipinski definition) is 0.